The van der Waals surface area contributed by atoms with Crippen molar-refractivity contribution in [2.75, 3.05) is 13.2 Å². The van der Waals surface area contributed by atoms with Gasteiger partial charge in [0.25, 0.3) is 0 Å². The quantitative estimate of drug-likeness (QED) is 0.506. The summed E-state index contributed by atoms with van der Waals surface area (Å²) in [5, 5.41) is 0. The molecule has 2 aromatic carbocycles. The third kappa shape index (κ3) is 5.90. The van der Waals surface area contributed by atoms with Gasteiger partial charge in [0.1, 0.15) is 11.5 Å². The Bertz CT molecular complexity index is 757. The summed E-state index contributed by atoms with van der Waals surface area (Å²) >= 11 is 3.37. The standard InChI is InChI=1S/C19H19BrO5/c1-3-9-23-19(22)14-5-4-6-16(11-14)25-18(21)12-24-17-8-7-15(20)10-13(17)2/h4-8,10-11H,3,9,12H2,1-2H3. The Balaban J connectivity index is 1.93. The van der Waals surface area contributed by atoms with Crippen molar-refractivity contribution in [1.82, 2.24) is 0 Å². The Morgan fingerprint density at radius 3 is 2.64 bits per heavy atom. The van der Waals surface area contributed by atoms with E-state index in [2.05, 4.69) is 15.9 Å². The van der Waals surface area contributed by atoms with Crippen molar-refractivity contribution in [2.45, 2.75) is 20.3 Å². The van der Waals surface area contributed by atoms with Crippen LogP contribution < -0.4 is 9.47 Å². The molecule has 0 heterocycles. The largest absolute Gasteiger partial charge is 0.482 e. The van der Waals surface area contributed by atoms with E-state index in [1.807, 2.05) is 26.0 Å². The molecule has 5 nitrogen and oxygen atoms in total. The first-order valence-electron chi connectivity index (χ1n) is 7.86. The van der Waals surface area contributed by atoms with Gasteiger partial charge in [0.05, 0.1) is 12.2 Å². The van der Waals surface area contributed by atoms with Gasteiger partial charge < -0.3 is 14.2 Å². The van der Waals surface area contributed by atoms with E-state index in [0.29, 0.717) is 17.9 Å². The molecule has 0 aliphatic heterocycles. The summed E-state index contributed by atoms with van der Waals surface area (Å²) in [6.07, 6.45) is 0.743. The van der Waals surface area contributed by atoms with Crippen LogP contribution in [0.1, 0.15) is 29.3 Å². The lowest BCUT2D eigenvalue weighted by Crippen LogP contribution is -2.18. The molecule has 0 atom stereocenters. The molecular weight excluding hydrogens is 388 g/mol. The average molecular weight is 407 g/mol. The third-order valence-electron chi connectivity index (χ3n) is 3.22. The predicted octanol–water partition coefficient (Wildman–Crippen LogP) is 4.31. The van der Waals surface area contributed by atoms with Crippen LogP contribution in [0, 0.1) is 6.92 Å². The predicted molar refractivity (Wildman–Crippen MR) is 97.0 cm³/mol. The molecule has 25 heavy (non-hydrogen) atoms. The number of carbonyl (C=O) groups is 2. The maximum Gasteiger partial charge on any atom is 0.349 e. The monoisotopic (exact) mass is 406 g/mol. The molecule has 0 spiro atoms. The number of benzene rings is 2. The van der Waals surface area contributed by atoms with Crippen LogP contribution in [0.25, 0.3) is 0 Å². The molecule has 0 bridgehead atoms. The summed E-state index contributed by atoms with van der Waals surface area (Å²) < 4.78 is 16.7. The lowest BCUT2D eigenvalue weighted by atomic mass is 10.2. The van der Waals surface area contributed by atoms with Gasteiger partial charge in [-0.25, -0.2) is 9.59 Å². The van der Waals surface area contributed by atoms with Gasteiger partial charge in [-0.15, -0.1) is 0 Å². The molecule has 0 saturated heterocycles. The highest BCUT2D eigenvalue weighted by Gasteiger charge is 2.11. The summed E-state index contributed by atoms with van der Waals surface area (Å²) in [5.41, 5.74) is 1.24. The molecule has 132 valence electrons. The Hall–Kier alpha value is -2.34. The smallest absolute Gasteiger partial charge is 0.349 e. The Kier molecular flexibility index (Phi) is 7.01. The number of ether oxygens (including phenoxy) is 3. The average Bonchev–Trinajstić information content (AvgIpc) is 2.59. The van der Waals surface area contributed by atoms with Gasteiger partial charge in [-0.3, -0.25) is 0 Å². The molecule has 0 N–H and O–H groups in total. The van der Waals surface area contributed by atoms with Crippen LogP contribution in [0.3, 0.4) is 0 Å². The first-order chi connectivity index (χ1) is 12.0. The molecule has 0 aromatic heterocycles. The van der Waals surface area contributed by atoms with Gasteiger partial charge in [-0.2, -0.15) is 0 Å². The van der Waals surface area contributed by atoms with E-state index in [9.17, 15) is 9.59 Å². The van der Waals surface area contributed by atoms with Gasteiger partial charge in [0.2, 0.25) is 0 Å². The van der Waals surface area contributed by atoms with Crippen molar-refractivity contribution in [2.24, 2.45) is 0 Å². The fourth-order valence-electron chi connectivity index (χ4n) is 2.04. The first-order valence-corrected chi connectivity index (χ1v) is 8.65. The number of aryl methyl sites for hydroxylation is 1. The minimum atomic E-state index is -0.554. The molecule has 0 amide bonds. The number of halogens is 1. The van der Waals surface area contributed by atoms with Gasteiger partial charge >= 0.3 is 11.9 Å². The summed E-state index contributed by atoms with van der Waals surface area (Å²) in [4.78, 5) is 23.8. The van der Waals surface area contributed by atoms with Crippen LogP contribution in [0.2, 0.25) is 0 Å². The Morgan fingerprint density at radius 2 is 1.92 bits per heavy atom. The maximum absolute atomic E-state index is 11.9. The summed E-state index contributed by atoms with van der Waals surface area (Å²) in [6, 6.07) is 11.8. The minimum Gasteiger partial charge on any atom is -0.482 e. The SMILES string of the molecule is CCCOC(=O)c1cccc(OC(=O)COc2ccc(Br)cc2C)c1. The lowest BCUT2D eigenvalue weighted by molar-refractivity contribution is -0.136. The topological polar surface area (TPSA) is 61.8 Å². The van der Waals surface area contributed by atoms with E-state index in [1.54, 1.807) is 24.3 Å². The van der Waals surface area contributed by atoms with Gasteiger partial charge in [0, 0.05) is 4.47 Å². The van der Waals surface area contributed by atoms with E-state index in [0.717, 1.165) is 16.5 Å². The minimum absolute atomic E-state index is 0.229. The van der Waals surface area contributed by atoms with Crippen LogP contribution in [0.4, 0.5) is 0 Å². The highest BCUT2D eigenvalue weighted by atomic mass is 79.9. The number of rotatable bonds is 7. The Morgan fingerprint density at radius 1 is 1.12 bits per heavy atom. The van der Waals surface area contributed by atoms with Gasteiger partial charge in [0.15, 0.2) is 6.61 Å². The number of carbonyl (C=O) groups excluding carboxylic acids is 2. The molecule has 0 radical (unpaired) electrons. The summed E-state index contributed by atoms with van der Waals surface area (Å²) in [7, 11) is 0. The summed E-state index contributed by atoms with van der Waals surface area (Å²) in [5.74, 6) is -0.119. The second-order valence-corrected chi connectivity index (χ2v) is 6.25. The lowest BCUT2D eigenvalue weighted by Gasteiger charge is -2.10. The van der Waals surface area contributed by atoms with Crippen molar-refractivity contribution in [3.63, 3.8) is 0 Å². The van der Waals surface area contributed by atoms with E-state index in [-0.39, 0.29) is 12.4 Å². The fraction of sp³-hybridized carbons (Fsp3) is 0.263. The molecule has 0 aliphatic carbocycles. The number of hydrogen-bond acceptors (Lipinski definition) is 5. The van der Waals surface area contributed by atoms with E-state index >= 15 is 0 Å². The zero-order valence-electron chi connectivity index (χ0n) is 14.1. The molecule has 0 saturated carbocycles. The third-order valence-corrected chi connectivity index (χ3v) is 3.71. The van der Waals surface area contributed by atoms with Crippen molar-refractivity contribution in [3.05, 3.63) is 58.1 Å². The van der Waals surface area contributed by atoms with Crippen molar-refractivity contribution in [1.29, 1.82) is 0 Å². The Labute approximate surface area is 155 Å². The highest BCUT2D eigenvalue weighted by molar-refractivity contribution is 9.10. The van der Waals surface area contributed by atoms with Crippen LogP contribution in [0.15, 0.2) is 46.9 Å². The number of esters is 2. The van der Waals surface area contributed by atoms with E-state index in [4.69, 9.17) is 14.2 Å². The van der Waals surface area contributed by atoms with Gasteiger partial charge in [-0.1, -0.05) is 28.9 Å². The molecule has 2 aromatic rings. The normalized spacial score (nSPS) is 10.2. The zero-order valence-corrected chi connectivity index (χ0v) is 15.7. The van der Waals surface area contributed by atoms with Crippen molar-refractivity contribution < 1.29 is 23.8 Å². The van der Waals surface area contributed by atoms with Gasteiger partial charge in [-0.05, 0) is 55.3 Å². The second-order valence-electron chi connectivity index (χ2n) is 5.34. The number of hydrogen-bond donors (Lipinski definition) is 0. The molecule has 2 rings (SSSR count). The fourth-order valence-corrected chi connectivity index (χ4v) is 2.51. The molecule has 0 aliphatic rings. The van der Waals surface area contributed by atoms with Crippen molar-refractivity contribution in [3.8, 4) is 11.5 Å². The second kappa shape index (κ2) is 9.22. The molecule has 0 fully saturated rings. The van der Waals surface area contributed by atoms with Crippen LogP contribution in [0.5, 0.6) is 11.5 Å². The van der Waals surface area contributed by atoms with E-state index < -0.39 is 11.9 Å². The zero-order chi connectivity index (χ0) is 18.2. The van der Waals surface area contributed by atoms with Crippen LogP contribution in [-0.2, 0) is 9.53 Å². The maximum atomic E-state index is 11.9. The van der Waals surface area contributed by atoms with Crippen molar-refractivity contribution >= 4 is 27.9 Å². The molecular formula is C19H19BrO5. The highest BCUT2D eigenvalue weighted by Crippen LogP contribution is 2.22. The van der Waals surface area contributed by atoms with Crippen LogP contribution in [-0.4, -0.2) is 25.2 Å². The first kappa shape index (κ1) is 19.0. The molecule has 6 heteroatoms. The van der Waals surface area contributed by atoms with E-state index in [1.165, 1.54) is 6.07 Å². The van der Waals surface area contributed by atoms with Crippen LogP contribution >= 0.6 is 15.9 Å². The summed E-state index contributed by atoms with van der Waals surface area (Å²) in [6.45, 7) is 3.92. The molecule has 0 unspecified atom stereocenters.